The summed E-state index contributed by atoms with van der Waals surface area (Å²) in [7, 11) is 1.61. The summed E-state index contributed by atoms with van der Waals surface area (Å²) >= 11 is 1.66. The smallest absolute Gasteiger partial charge is 0.405 e. The third-order valence-corrected chi connectivity index (χ3v) is 4.64. The predicted molar refractivity (Wildman–Crippen MR) is 96.6 cm³/mol. The van der Waals surface area contributed by atoms with Gasteiger partial charge in [0.2, 0.25) is 0 Å². The van der Waals surface area contributed by atoms with Gasteiger partial charge < -0.3 is 15.4 Å². The van der Waals surface area contributed by atoms with Gasteiger partial charge in [-0.2, -0.15) is 0 Å². The summed E-state index contributed by atoms with van der Waals surface area (Å²) in [5, 5.41) is 7.17. The van der Waals surface area contributed by atoms with Crippen molar-refractivity contribution in [2.75, 3.05) is 13.6 Å². The van der Waals surface area contributed by atoms with Crippen LogP contribution in [0.2, 0.25) is 0 Å². The molecule has 1 aromatic heterocycles. The second-order valence-corrected chi connectivity index (χ2v) is 6.79. The van der Waals surface area contributed by atoms with Gasteiger partial charge in [0, 0.05) is 37.0 Å². The van der Waals surface area contributed by atoms with E-state index < -0.39 is 6.36 Å². The number of rotatable bonds is 6. The van der Waals surface area contributed by atoms with Gasteiger partial charge in [-0.25, -0.2) is 4.98 Å². The SMILES string of the molecule is CN=C(NCCc1sc(C)nc1C)NCc1ccccc1OC(F)(F)F. The summed E-state index contributed by atoms with van der Waals surface area (Å²) in [5.74, 6) is 0.282. The lowest BCUT2D eigenvalue weighted by Gasteiger charge is -2.15. The molecule has 0 bridgehead atoms. The molecular weight excluding hydrogens is 365 g/mol. The number of alkyl halides is 3. The molecule has 0 amide bonds. The van der Waals surface area contributed by atoms with Gasteiger partial charge in [0.1, 0.15) is 5.75 Å². The summed E-state index contributed by atoms with van der Waals surface area (Å²) < 4.78 is 41.4. The van der Waals surface area contributed by atoms with E-state index in [1.54, 1.807) is 30.5 Å². The summed E-state index contributed by atoms with van der Waals surface area (Å²) in [4.78, 5) is 9.67. The highest BCUT2D eigenvalue weighted by Crippen LogP contribution is 2.26. The van der Waals surface area contributed by atoms with Crippen molar-refractivity contribution in [1.82, 2.24) is 15.6 Å². The maximum atomic E-state index is 12.5. The number of thiazole rings is 1. The maximum absolute atomic E-state index is 12.5. The molecule has 142 valence electrons. The number of halogens is 3. The van der Waals surface area contributed by atoms with Gasteiger partial charge in [-0.15, -0.1) is 24.5 Å². The first-order valence-electron chi connectivity index (χ1n) is 7.99. The molecule has 0 spiro atoms. The summed E-state index contributed by atoms with van der Waals surface area (Å²) in [6.07, 6.45) is -3.92. The number of aliphatic imine (C=N–C) groups is 1. The molecule has 0 radical (unpaired) electrons. The van der Waals surface area contributed by atoms with Crippen LogP contribution in [-0.2, 0) is 13.0 Å². The summed E-state index contributed by atoms with van der Waals surface area (Å²) in [5.41, 5.74) is 1.41. The minimum absolute atomic E-state index is 0.157. The molecule has 2 rings (SSSR count). The Balaban J connectivity index is 1.88. The number of para-hydroxylation sites is 1. The van der Waals surface area contributed by atoms with Crippen LogP contribution in [0.15, 0.2) is 29.3 Å². The Morgan fingerprint density at radius 1 is 1.23 bits per heavy atom. The fourth-order valence-electron chi connectivity index (χ4n) is 2.37. The molecule has 0 aliphatic heterocycles. The first-order valence-corrected chi connectivity index (χ1v) is 8.81. The minimum Gasteiger partial charge on any atom is -0.405 e. The topological polar surface area (TPSA) is 58.5 Å². The molecule has 0 atom stereocenters. The molecule has 0 aliphatic rings. The second-order valence-electron chi connectivity index (χ2n) is 5.50. The normalized spacial score (nSPS) is 12.2. The molecule has 9 heteroatoms. The van der Waals surface area contributed by atoms with Crippen molar-refractivity contribution in [3.05, 3.63) is 45.4 Å². The molecule has 26 heavy (non-hydrogen) atoms. The number of guanidine groups is 1. The van der Waals surface area contributed by atoms with Crippen molar-refractivity contribution in [1.29, 1.82) is 0 Å². The van der Waals surface area contributed by atoms with Crippen LogP contribution in [0.4, 0.5) is 13.2 Å². The first kappa shape index (κ1) is 20.0. The van der Waals surface area contributed by atoms with Crippen LogP contribution in [-0.4, -0.2) is 30.9 Å². The highest BCUT2D eigenvalue weighted by atomic mass is 32.1. The fourth-order valence-corrected chi connectivity index (χ4v) is 3.31. The van der Waals surface area contributed by atoms with Crippen molar-refractivity contribution in [3.63, 3.8) is 0 Å². The molecule has 2 N–H and O–H groups in total. The van der Waals surface area contributed by atoms with E-state index in [4.69, 9.17) is 0 Å². The van der Waals surface area contributed by atoms with E-state index in [1.165, 1.54) is 17.0 Å². The number of ether oxygens (including phenoxy) is 1. The van der Waals surface area contributed by atoms with E-state index in [0.29, 0.717) is 18.1 Å². The lowest BCUT2D eigenvalue weighted by molar-refractivity contribution is -0.274. The van der Waals surface area contributed by atoms with Gasteiger partial charge >= 0.3 is 6.36 Å². The van der Waals surface area contributed by atoms with E-state index in [2.05, 4.69) is 25.3 Å². The molecular formula is C17H21F3N4OS. The van der Waals surface area contributed by atoms with Crippen molar-refractivity contribution in [2.45, 2.75) is 33.2 Å². The number of aryl methyl sites for hydroxylation is 2. The van der Waals surface area contributed by atoms with Crippen LogP contribution in [0.25, 0.3) is 0 Å². The monoisotopic (exact) mass is 386 g/mol. The number of nitrogens with one attached hydrogen (secondary N) is 2. The highest BCUT2D eigenvalue weighted by Gasteiger charge is 2.31. The van der Waals surface area contributed by atoms with E-state index in [1.807, 2.05) is 13.8 Å². The zero-order valence-electron chi connectivity index (χ0n) is 14.8. The Labute approximate surface area is 154 Å². The zero-order chi connectivity index (χ0) is 19.2. The first-order chi connectivity index (χ1) is 12.3. The third kappa shape index (κ3) is 6.21. The molecule has 0 saturated carbocycles. The van der Waals surface area contributed by atoms with Gasteiger partial charge in [0.05, 0.1) is 10.7 Å². The van der Waals surface area contributed by atoms with E-state index in [-0.39, 0.29) is 12.3 Å². The second kappa shape index (κ2) is 8.88. The molecule has 2 aromatic rings. The number of nitrogens with zero attached hydrogens (tertiary/aromatic N) is 2. The van der Waals surface area contributed by atoms with Crippen molar-refractivity contribution < 1.29 is 17.9 Å². The standard InChI is InChI=1S/C17H21F3N4OS/c1-11-15(26-12(2)24-11)8-9-22-16(21-3)23-10-13-6-4-5-7-14(13)25-17(18,19)20/h4-7H,8-10H2,1-3H3,(H2,21,22,23). The molecule has 0 unspecified atom stereocenters. The summed E-state index contributed by atoms with van der Waals surface area (Å²) in [6.45, 7) is 4.74. The Bertz CT molecular complexity index is 759. The van der Waals surface area contributed by atoms with Crippen LogP contribution in [0.1, 0.15) is 21.1 Å². The third-order valence-electron chi connectivity index (χ3n) is 3.51. The van der Waals surface area contributed by atoms with E-state index in [9.17, 15) is 13.2 Å². The quantitative estimate of drug-likeness (QED) is 0.589. The van der Waals surface area contributed by atoms with E-state index in [0.717, 1.165) is 17.1 Å². The zero-order valence-corrected chi connectivity index (χ0v) is 15.6. The predicted octanol–water partition coefficient (Wildman–Crippen LogP) is 3.57. The minimum atomic E-state index is -4.72. The molecule has 0 saturated heterocycles. The lowest BCUT2D eigenvalue weighted by atomic mass is 10.2. The Hall–Kier alpha value is -2.29. The number of hydrogen-bond acceptors (Lipinski definition) is 4. The Morgan fingerprint density at radius 2 is 1.96 bits per heavy atom. The fraction of sp³-hybridized carbons (Fsp3) is 0.412. The molecule has 0 fully saturated rings. The van der Waals surface area contributed by atoms with Gasteiger partial charge in [-0.1, -0.05) is 18.2 Å². The molecule has 5 nitrogen and oxygen atoms in total. The van der Waals surface area contributed by atoms with Gasteiger partial charge in [-0.05, 0) is 19.9 Å². The average Bonchev–Trinajstić information content (AvgIpc) is 2.88. The van der Waals surface area contributed by atoms with Crippen molar-refractivity contribution in [3.8, 4) is 5.75 Å². The summed E-state index contributed by atoms with van der Waals surface area (Å²) in [6, 6.07) is 6.02. The van der Waals surface area contributed by atoms with Gasteiger partial charge in [0.15, 0.2) is 5.96 Å². The number of benzene rings is 1. The van der Waals surface area contributed by atoms with Crippen LogP contribution in [0, 0.1) is 13.8 Å². The van der Waals surface area contributed by atoms with Crippen LogP contribution >= 0.6 is 11.3 Å². The Morgan fingerprint density at radius 3 is 2.58 bits per heavy atom. The van der Waals surface area contributed by atoms with Gasteiger partial charge in [0.25, 0.3) is 0 Å². The maximum Gasteiger partial charge on any atom is 0.573 e. The highest BCUT2D eigenvalue weighted by molar-refractivity contribution is 7.11. The van der Waals surface area contributed by atoms with Gasteiger partial charge in [-0.3, -0.25) is 4.99 Å². The lowest BCUT2D eigenvalue weighted by Crippen LogP contribution is -2.38. The van der Waals surface area contributed by atoms with Crippen LogP contribution < -0.4 is 15.4 Å². The molecule has 0 aliphatic carbocycles. The average molecular weight is 386 g/mol. The van der Waals surface area contributed by atoms with Crippen LogP contribution in [0.5, 0.6) is 5.75 Å². The largest absolute Gasteiger partial charge is 0.573 e. The molecule has 1 heterocycles. The Kier molecular flexibility index (Phi) is 6.84. The van der Waals surface area contributed by atoms with E-state index >= 15 is 0 Å². The van der Waals surface area contributed by atoms with Crippen molar-refractivity contribution in [2.24, 2.45) is 4.99 Å². The number of aromatic nitrogens is 1. The molecule has 1 aromatic carbocycles. The number of hydrogen-bond donors (Lipinski definition) is 2. The van der Waals surface area contributed by atoms with Crippen molar-refractivity contribution >= 4 is 17.3 Å². The van der Waals surface area contributed by atoms with Crippen LogP contribution in [0.3, 0.4) is 0 Å².